The van der Waals surface area contributed by atoms with Crippen molar-refractivity contribution < 1.29 is 4.21 Å². The van der Waals surface area contributed by atoms with Crippen LogP contribution in [-0.4, -0.2) is 28.3 Å². The van der Waals surface area contributed by atoms with E-state index in [-0.39, 0.29) is 0 Å². The maximum absolute atomic E-state index is 11.2. The maximum Gasteiger partial charge on any atom is 0.0249 e. The second-order valence-corrected chi connectivity index (χ2v) is 7.70. The average molecular weight is 257 g/mol. The van der Waals surface area contributed by atoms with E-state index >= 15 is 0 Å². The minimum absolute atomic E-state index is 0.515. The Labute approximate surface area is 108 Å². The van der Waals surface area contributed by atoms with Gasteiger partial charge in [-0.3, -0.25) is 4.21 Å². The first kappa shape index (κ1) is 13.5. The summed E-state index contributed by atoms with van der Waals surface area (Å²) in [6.45, 7) is 3.57. The van der Waals surface area contributed by atoms with Gasteiger partial charge in [0.1, 0.15) is 0 Å². The number of nitrogens with one attached hydrogen (secondary N) is 1. The van der Waals surface area contributed by atoms with E-state index in [1.165, 1.54) is 38.6 Å². The molecule has 100 valence electrons. The van der Waals surface area contributed by atoms with Gasteiger partial charge in [-0.05, 0) is 44.1 Å². The molecule has 1 saturated carbocycles. The molecule has 1 N–H and O–H groups in total. The molecular weight excluding hydrogens is 230 g/mol. The van der Waals surface area contributed by atoms with Crippen molar-refractivity contribution in [2.24, 2.45) is 11.8 Å². The average Bonchev–Trinajstić information content (AvgIpc) is 2.32. The topological polar surface area (TPSA) is 29.1 Å². The van der Waals surface area contributed by atoms with E-state index in [1.807, 2.05) is 0 Å². The molecule has 0 aromatic heterocycles. The van der Waals surface area contributed by atoms with Crippen molar-refractivity contribution in [2.45, 2.75) is 57.9 Å². The van der Waals surface area contributed by atoms with Crippen LogP contribution in [0.3, 0.4) is 0 Å². The summed E-state index contributed by atoms with van der Waals surface area (Å²) in [5.41, 5.74) is 0. The zero-order valence-corrected chi connectivity index (χ0v) is 11.9. The van der Waals surface area contributed by atoms with Crippen LogP contribution in [0, 0.1) is 11.8 Å². The molecule has 0 aromatic rings. The van der Waals surface area contributed by atoms with Gasteiger partial charge >= 0.3 is 0 Å². The molecule has 17 heavy (non-hydrogen) atoms. The van der Waals surface area contributed by atoms with Gasteiger partial charge in [-0.1, -0.05) is 26.2 Å². The monoisotopic (exact) mass is 257 g/mol. The number of hydrogen-bond donors (Lipinski definition) is 1. The van der Waals surface area contributed by atoms with E-state index in [0.717, 1.165) is 36.2 Å². The molecule has 0 aromatic carbocycles. The standard InChI is InChI=1S/C14H27NOS/c1-12-3-2-4-13(11-12)5-8-15-14-6-9-17(16)10-7-14/h12-15H,2-11H2,1H3. The van der Waals surface area contributed by atoms with Crippen molar-refractivity contribution in [2.75, 3.05) is 18.1 Å². The van der Waals surface area contributed by atoms with Crippen molar-refractivity contribution in [3.63, 3.8) is 0 Å². The van der Waals surface area contributed by atoms with Gasteiger partial charge in [0.2, 0.25) is 0 Å². The van der Waals surface area contributed by atoms with E-state index < -0.39 is 10.8 Å². The van der Waals surface area contributed by atoms with E-state index in [9.17, 15) is 4.21 Å². The van der Waals surface area contributed by atoms with Crippen LogP contribution in [0.4, 0.5) is 0 Å². The van der Waals surface area contributed by atoms with Gasteiger partial charge in [0.15, 0.2) is 0 Å². The van der Waals surface area contributed by atoms with Crippen molar-refractivity contribution >= 4 is 10.8 Å². The molecular formula is C14H27NOS. The summed E-state index contributed by atoms with van der Waals surface area (Å²) >= 11 is 0. The van der Waals surface area contributed by atoms with Gasteiger partial charge in [-0.15, -0.1) is 0 Å². The predicted octanol–water partition coefficient (Wildman–Crippen LogP) is 2.70. The molecule has 1 heterocycles. The van der Waals surface area contributed by atoms with Crippen molar-refractivity contribution in [1.82, 2.24) is 5.32 Å². The van der Waals surface area contributed by atoms with Crippen molar-refractivity contribution in [3.05, 3.63) is 0 Å². The minimum atomic E-state index is -0.515. The van der Waals surface area contributed by atoms with Crippen molar-refractivity contribution in [1.29, 1.82) is 0 Å². The van der Waals surface area contributed by atoms with Crippen molar-refractivity contribution in [3.8, 4) is 0 Å². The Balaban J connectivity index is 1.57. The fourth-order valence-corrected chi connectivity index (χ4v) is 4.61. The van der Waals surface area contributed by atoms with E-state index in [4.69, 9.17) is 0 Å². The van der Waals surface area contributed by atoms with Crippen LogP contribution >= 0.6 is 0 Å². The highest BCUT2D eigenvalue weighted by molar-refractivity contribution is 7.85. The lowest BCUT2D eigenvalue weighted by Crippen LogP contribution is -2.37. The van der Waals surface area contributed by atoms with Gasteiger partial charge in [0, 0.05) is 28.3 Å². The maximum atomic E-state index is 11.2. The molecule has 2 rings (SSSR count). The van der Waals surface area contributed by atoms with Crippen LogP contribution in [0.1, 0.15) is 51.9 Å². The van der Waals surface area contributed by atoms with Gasteiger partial charge in [0.25, 0.3) is 0 Å². The van der Waals surface area contributed by atoms with Gasteiger partial charge < -0.3 is 5.32 Å². The second kappa shape index (κ2) is 6.89. The van der Waals surface area contributed by atoms with E-state index in [1.54, 1.807) is 0 Å². The summed E-state index contributed by atoms with van der Waals surface area (Å²) in [4.78, 5) is 0. The quantitative estimate of drug-likeness (QED) is 0.839. The molecule has 2 unspecified atom stereocenters. The first-order valence-electron chi connectivity index (χ1n) is 7.32. The van der Waals surface area contributed by atoms with Gasteiger partial charge in [0.05, 0.1) is 0 Å². The van der Waals surface area contributed by atoms with E-state index in [0.29, 0.717) is 6.04 Å². The van der Waals surface area contributed by atoms with Crippen LogP contribution in [0.5, 0.6) is 0 Å². The van der Waals surface area contributed by atoms with E-state index in [2.05, 4.69) is 12.2 Å². The van der Waals surface area contributed by atoms with Gasteiger partial charge in [-0.25, -0.2) is 0 Å². The molecule has 0 amide bonds. The number of rotatable bonds is 4. The third kappa shape index (κ3) is 4.70. The smallest absolute Gasteiger partial charge is 0.0249 e. The Morgan fingerprint density at radius 3 is 2.65 bits per heavy atom. The lowest BCUT2D eigenvalue weighted by molar-refractivity contribution is 0.264. The Morgan fingerprint density at radius 1 is 1.18 bits per heavy atom. The Kier molecular flexibility index (Phi) is 5.49. The van der Waals surface area contributed by atoms with Crippen LogP contribution in [-0.2, 0) is 10.8 Å². The highest BCUT2D eigenvalue weighted by Crippen LogP contribution is 2.30. The zero-order chi connectivity index (χ0) is 12.1. The first-order valence-corrected chi connectivity index (χ1v) is 8.81. The fraction of sp³-hybridized carbons (Fsp3) is 1.00. The SMILES string of the molecule is CC1CCCC(CCNC2CCS(=O)CC2)C1. The van der Waals surface area contributed by atoms with Crippen LogP contribution < -0.4 is 5.32 Å². The third-order valence-electron chi connectivity index (χ3n) is 4.42. The molecule has 1 saturated heterocycles. The zero-order valence-electron chi connectivity index (χ0n) is 11.1. The van der Waals surface area contributed by atoms with Gasteiger partial charge in [-0.2, -0.15) is 0 Å². The van der Waals surface area contributed by atoms with Crippen LogP contribution in [0.15, 0.2) is 0 Å². The second-order valence-electron chi connectivity index (χ2n) is 6.00. The largest absolute Gasteiger partial charge is 0.314 e. The molecule has 1 aliphatic heterocycles. The highest BCUT2D eigenvalue weighted by Gasteiger charge is 2.20. The number of hydrogen-bond acceptors (Lipinski definition) is 2. The summed E-state index contributed by atoms with van der Waals surface area (Å²) in [5.74, 6) is 3.74. The highest BCUT2D eigenvalue weighted by atomic mass is 32.2. The normalized spacial score (nSPS) is 39.1. The summed E-state index contributed by atoms with van der Waals surface area (Å²) in [7, 11) is -0.515. The molecule has 0 spiro atoms. The molecule has 2 nitrogen and oxygen atoms in total. The molecule has 3 heteroatoms. The molecule has 2 atom stereocenters. The first-order chi connectivity index (χ1) is 8.24. The molecule has 2 fully saturated rings. The summed E-state index contributed by atoms with van der Waals surface area (Å²) in [6, 6.07) is 0.647. The summed E-state index contributed by atoms with van der Waals surface area (Å²) < 4.78 is 11.2. The Hall–Kier alpha value is 0.110. The van der Waals surface area contributed by atoms with Crippen LogP contribution in [0.25, 0.3) is 0 Å². The van der Waals surface area contributed by atoms with Crippen LogP contribution in [0.2, 0.25) is 0 Å². The molecule has 0 bridgehead atoms. The fourth-order valence-electron chi connectivity index (χ4n) is 3.31. The Morgan fingerprint density at radius 2 is 1.94 bits per heavy atom. The third-order valence-corrected chi connectivity index (χ3v) is 5.80. The Bertz CT molecular complexity index is 247. The lowest BCUT2D eigenvalue weighted by Gasteiger charge is -2.28. The summed E-state index contributed by atoms with van der Waals surface area (Å²) in [5, 5.41) is 3.67. The molecule has 0 radical (unpaired) electrons. The lowest BCUT2D eigenvalue weighted by atomic mass is 9.81. The summed E-state index contributed by atoms with van der Waals surface area (Å²) in [6.07, 6.45) is 9.36. The predicted molar refractivity (Wildman–Crippen MR) is 74.6 cm³/mol. The minimum Gasteiger partial charge on any atom is -0.314 e. The molecule has 1 aliphatic carbocycles. The molecule has 2 aliphatic rings.